The average molecular weight is 356 g/mol. The van der Waals surface area contributed by atoms with Crippen LogP contribution in [0.5, 0.6) is 0 Å². The zero-order valence-corrected chi connectivity index (χ0v) is 13.8. The minimum atomic E-state index is -0.420. The lowest BCUT2D eigenvalue weighted by Crippen LogP contribution is -2.05. The second kappa shape index (κ2) is 5.89. The molecule has 110 valence electrons. The number of aliphatic imine (C=N–C) groups is 1. The molecule has 0 fully saturated rings. The summed E-state index contributed by atoms with van der Waals surface area (Å²) in [5.74, 6) is -0.0845. The number of cyclic esters (lactones) is 1. The summed E-state index contributed by atoms with van der Waals surface area (Å²) in [6, 6.07) is 13.6. The Hall–Kier alpha value is -2.20. The monoisotopic (exact) mass is 355 g/mol. The van der Waals surface area contributed by atoms with Gasteiger partial charge in [-0.05, 0) is 49.2 Å². The molecule has 2 aromatic carbocycles. The topological polar surface area (TPSA) is 38.7 Å². The zero-order valence-electron chi connectivity index (χ0n) is 12.3. The molecule has 0 N–H and O–H groups in total. The molecule has 0 aliphatic carbocycles. The van der Waals surface area contributed by atoms with E-state index in [-0.39, 0.29) is 0 Å². The summed E-state index contributed by atoms with van der Waals surface area (Å²) in [6.07, 6.45) is 1.77. The van der Waals surface area contributed by atoms with Gasteiger partial charge in [0.1, 0.15) is 0 Å². The van der Waals surface area contributed by atoms with Crippen molar-refractivity contribution in [2.45, 2.75) is 13.8 Å². The van der Waals surface area contributed by atoms with E-state index < -0.39 is 5.97 Å². The second-order valence-corrected chi connectivity index (χ2v) is 6.12. The van der Waals surface area contributed by atoms with Crippen LogP contribution in [0.25, 0.3) is 6.08 Å². The van der Waals surface area contributed by atoms with E-state index in [1.165, 1.54) is 0 Å². The van der Waals surface area contributed by atoms with E-state index >= 15 is 0 Å². The fourth-order valence-electron chi connectivity index (χ4n) is 2.22. The van der Waals surface area contributed by atoms with Crippen molar-refractivity contribution in [3.63, 3.8) is 0 Å². The summed E-state index contributed by atoms with van der Waals surface area (Å²) < 4.78 is 6.19. The van der Waals surface area contributed by atoms with Gasteiger partial charge in [0.2, 0.25) is 5.90 Å². The average Bonchev–Trinajstić information content (AvgIpc) is 2.84. The van der Waals surface area contributed by atoms with Gasteiger partial charge in [0.15, 0.2) is 5.70 Å². The van der Waals surface area contributed by atoms with Crippen LogP contribution in [-0.2, 0) is 9.53 Å². The first-order valence-corrected chi connectivity index (χ1v) is 7.68. The Labute approximate surface area is 137 Å². The number of rotatable bonds is 2. The van der Waals surface area contributed by atoms with Crippen molar-refractivity contribution in [1.82, 2.24) is 0 Å². The molecule has 0 spiro atoms. The minimum absolute atomic E-state index is 0.323. The first-order chi connectivity index (χ1) is 10.5. The molecule has 4 heteroatoms. The lowest BCUT2D eigenvalue weighted by atomic mass is 10.0. The van der Waals surface area contributed by atoms with Gasteiger partial charge in [-0.3, -0.25) is 0 Å². The fourth-order valence-corrected chi connectivity index (χ4v) is 2.62. The van der Waals surface area contributed by atoms with Gasteiger partial charge in [-0.2, -0.15) is 0 Å². The third-order valence-corrected chi connectivity index (χ3v) is 3.91. The minimum Gasteiger partial charge on any atom is -0.402 e. The number of esters is 1. The molecule has 0 unspecified atom stereocenters. The maximum Gasteiger partial charge on any atom is 0.363 e. The van der Waals surface area contributed by atoms with Crippen LogP contribution in [0.4, 0.5) is 0 Å². The normalized spacial score (nSPS) is 15.9. The second-order valence-electron chi connectivity index (χ2n) is 5.21. The molecule has 1 aliphatic heterocycles. The molecule has 2 aromatic rings. The summed E-state index contributed by atoms with van der Waals surface area (Å²) in [5, 5.41) is 0. The summed E-state index contributed by atoms with van der Waals surface area (Å²) in [6.45, 7) is 4.02. The molecule has 1 aliphatic rings. The Morgan fingerprint density at radius 2 is 1.95 bits per heavy atom. The number of carbonyl (C=O) groups excluding carboxylic acids is 1. The Morgan fingerprint density at radius 1 is 1.14 bits per heavy atom. The van der Waals surface area contributed by atoms with Crippen molar-refractivity contribution < 1.29 is 9.53 Å². The first kappa shape index (κ1) is 14.7. The molecule has 0 amide bonds. The molecular formula is C18H14BrNO2. The van der Waals surface area contributed by atoms with E-state index in [9.17, 15) is 4.79 Å². The zero-order chi connectivity index (χ0) is 15.7. The molecule has 0 bridgehead atoms. The predicted octanol–water partition coefficient (Wildman–Crippen LogP) is 4.41. The third kappa shape index (κ3) is 3.02. The summed E-state index contributed by atoms with van der Waals surface area (Å²) in [7, 11) is 0. The number of nitrogens with zero attached hydrogens (tertiary/aromatic N) is 1. The maximum atomic E-state index is 12.0. The van der Waals surface area contributed by atoms with Crippen LogP contribution in [0.2, 0.25) is 0 Å². The highest BCUT2D eigenvalue weighted by molar-refractivity contribution is 9.10. The number of ether oxygens (including phenoxy) is 1. The predicted molar refractivity (Wildman–Crippen MR) is 90.7 cm³/mol. The first-order valence-electron chi connectivity index (χ1n) is 6.89. The summed E-state index contributed by atoms with van der Waals surface area (Å²) in [4.78, 5) is 16.4. The Balaban J connectivity index is 1.99. The van der Waals surface area contributed by atoms with Gasteiger partial charge in [-0.15, -0.1) is 0 Å². The van der Waals surface area contributed by atoms with Crippen LogP contribution in [-0.4, -0.2) is 11.9 Å². The van der Waals surface area contributed by atoms with Crippen molar-refractivity contribution in [3.8, 4) is 0 Å². The van der Waals surface area contributed by atoms with Crippen LogP contribution < -0.4 is 0 Å². The van der Waals surface area contributed by atoms with Gasteiger partial charge >= 0.3 is 5.97 Å². The molecule has 0 radical (unpaired) electrons. The van der Waals surface area contributed by atoms with E-state index in [1.54, 1.807) is 6.08 Å². The Kier molecular flexibility index (Phi) is 3.94. The smallest absolute Gasteiger partial charge is 0.363 e. The Bertz CT molecular complexity index is 822. The van der Waals surface area contributed by atoms with E-state index in [0.29, 0.717) is 11.6 Å². The quantitative estimate of drug-likeness (QED) is 0.591. The number of aryl methyl sites for hydroxylation is 2. The van der Waals surface area contributed by atoms with E-state index in [2.05, 4.69) is 20.9 Å². The van der Waals surface area contributed by atoms with Crippen molar-refractivity contribution >= 4 is 33.9 Å². The van der Waals surface area contributed by atoms with E-state index in [4.69, 9.17) is 4.74 Å². The van der Waals surface area contributed by atoms with Crippen molar-refractivity contribution in [3.05, 3.63) is 74.9 Å². The number of carbonyl (C=O) groups is 1. The van der Waals surface area contributed by atoms with Crippen molar-refractivity contribution in [2.75, 3.05) is 0 Å². The fraction of sp³-hybridized carbons (Fsp3) is 0.111. The lowest BCUT2D eigenvalue weighted by Gasteiger charge is -2.01. The maximum absolute atomic E-state index is 12.0. The van der Waals surface area contributed by atoms with Gasteiger partial charge in [0.05, 0.1) is 0 Å². The number of halogens is 1. The van der Waals surface area contributed by atoms with Gasteiger partial charge in [0.25, 0.3) is 0 Å². The molecular weight excluding hydrogens is 342 g/mol. The summed E-state index contributed by atoms with van der Waals surface area (Å²) in [5.41, 5.74) is 4.30. The van der Waals surface area contributed by atoms with Crippen LogP contribution in [0.3, 0.4) is 0 Å². The number of benzene rings is 2. The molecule has 0 atom stereocenters. The Morgan fingerprint density at radius 3 is 2.73 bits per heavy atom. The van der Waals surface area contributed by atoms with Crippen molar-refractivity contribution in [2.24, 2.45) is 4.99 Å². The molecule has 0 saturated carbocycles. The van der Waals surface area contributed by atoms with E-state index in [1.807, 2.05) is 56.3 Å². The molecule has 3 rings (SSSR count). The third-order valence-electron chi connectivity index (χ3n) is 3.42. The van der Waals surface area contributed by atoms with E-state index in [0.717, 1.165) is 26.7 Å². The van der Waals surface area contributed by atoms with Gasteiger partial charge in [-0.1, -0.05) is 45.8 Å². The van der Waals surface area contributed by atoms with Crippen LogP contribution in [0.15, 0.2) is 57.6 Å². The standard InChI is InChI=1S/C18H14BrNO2/c1-11-6-7-12(2)14(8-11)10-16-18(21)22-17(20-16)13-4-3-5-15(19)9-13/h3-10H,1-2H3. The van der Waals surface area contributed by atoms with Crippen LogP contribution >= 0.6 is 15.9 Å². The number of hydrogen-bond acceptors (Lipinski definition) is 3. The molecule has 22 heavy (non-hydrogen) atoms. The molecule has 1 heterocycles. The number of hydrogen-bond donors (Lipinski definition) is 0. The highest BCUT2D eigenvalue weighted by atomic mass is 79.9. The SMILES string of the molecule is Cc1ccc(C)c(C=C2N=C(c3cccc(Br)c3)OC2=O)c1. The molecule has 0 aromatic heterocycles. The van der Waals surface area contributed by atoms with Crippen LogP contribution in [0.1, 0.15) is 22.3 Å². The van der Waals surface area contributed by atoms with Gasteiger partial charge in [-0.25, -0.2) is 9.79 Å². The molecule has 3 nitrogen and oxygen atoms in total. The summed E-state index contributed by atoms with van der Waals surface area (Å²) >= 11 is 3.40. The van der Waals surface area contributed by atoms with Crippen LogP contribution in [0, 0.1) is 13.8 Å². The lowest BCUT2D eigenvalue weighted by molar-refractivity contribution is -0.129. The van der Waals surface area contributed by atoms with Crippen molar-refractivity contribution in [1.29, 1.82) is 0 Å². The van der Waals surface area contributed by atoms with Gasteiger partial charge < -0.3 is 4.74 Å². The highest BCUT2D eigenvalue weighted by Gasteiger charge is 2.24. The molecule has 0 saturated heterocycles. The largest absolute Gasteiger partial charge is 0.402 e. The van der Waals surface area contributed by atoms with Gasteiger partial charge in [0, 0.05) is 10.0 Å². The highest BCUT2D eigenvalue weighted by Crippen LogP contribution is 2.22.